The maximum Gasteiger partial charge on any atom is 0.271 e. The fourth-order valence-corrected chi connectivity index (χ4v) is 4.70. The highest BCUT2D eigenvalue weighted by atomic mass is 79.9. The molecule has 0 fully saturated rings. The number of aryl methyl sites for hydroxylation is 1. The first-order valence-corrected chi connectivity index (χ1v) is 14.9. The van der Waals surface area contributed by atoms with E-state index < -0.39 is 5.91 Å². The standard InChI is InChI=1S/C34H34BrN3O6/c1-4-41-30-19-26(14-15-29(30)43-21-24-11-7-6-8-12-24)34(40)38-36-20-25-17-28(35)33(31(18-25)42-5-2)44-22-32(39)37-27-13-9-10-23(3)16-27/h6-20H,4-5,21-22H2,1-3H3,(H,37,39)(H,38,40)/b36-20+. The Morgan fingerprint density at radius 1 is 0.818 bits per heavy atom. The number of nitrogens with zero attached hydrogens (tertiary/aromatic N) is 1. The molecule has 228 valence electrons. The summed E-state index contributed by atoms with van der Waals surface area (Å²) in [6.07, 6.45) is 1.49. The molecule has 0 aliphatic heterocycles. The van der Waals surface area contributed by atoms with Crippen molar-refractivity contribution in [1.82, 2.24) is 5.43 Å². The van der Waals surface area contributed by atoms with Gasteiger partial charge in [-0.3, -0.25) is 9.59 Å². The largest absolute Gasteiger partial charge is 0.490 e. The Kier molecular flexibility index (Phi) is 11.8. The summed E-state index contributed by atoms with van der Waals surface area (Å²) in [5.74, 6) is 1.09. The maximum atomic E-state index is 12.9. The summed E-state index contributed by atoms with van der Waals surface area (Å²) >= 11 is 3.50. The average molecular weight is 661 g/mol. The van der Waals surface area contributed by atoms with Crippen molar-refractivity contribution < 1.29 is 28.5 Å². The fraction of sp³-hybridized carbons (Fsp3) is 0.206. The predicted molar refractivity (Wildman–Crippen MR) is 174 cm³/mol. The molecular weight excluding hydrogens is 626 g/mol. The van der Waals surface area contributed by atoms with Gasteiger partial charge in [-0.2, -0.15) is 5.10 Å². The zero-order chi connectivity index (χ0) is 31.3. The van der Waals surface area contributed by atoms with Crippen molar-refractivity contribution in [3.8, 4) is 23.0 Å². The highest BCUT2D eigenvalue weighted by molar-refractivity contribution is 9.10. The van der Waals surface area contributed by atoms with Gasteiger partial charge in [0.25, 0.3) is 11.8 Å². The number of amides is 2. The van der Waals surface area contributed by atoms with E-state index in [1.165, 1.54) is 6.21 Å². The van der Waals surface area contributed by atoms with E-state index >= 15 is 0 Å². The van der Waals surface area contributed by atoms with E-state index in [-0.39, 0.29) is 12.5 Å². The zero-order valence-electron chi connectivity index (χ0n) is 24.8. The molecule has 0 aromatic heterocycles. The summed E-state index contributed by atoms with van der Waals surface area (Å²) in [7, 11) is 0. The molecule has 0 saturated heterocycles. The Morgan fingerprint density at radius 2 is 1.59 bits per heavy atom. The summed E-state index contributed by atoms with van der Waals surface area (Å²) in [5, 5.41) is 6.93. The maximum absolute atomic E-state index is 12.9. The van der Waals surface area contributed by atoms with Crippen LogP contribution in [0.4, 0.5) is 5.69 Å². The minimum Gasteiger partial charge on any atom is -0.490 e. The Morgan fingerprint density at radius 3 is 2.34 bits per heavy atom. The average Bonchev–Trinajstić information content (AvgIpc) is 3.01. The lowest BCUT2D eigenvalue weighted by molar-refractivity contribution is -0.118. The monoisotopic (exact) mass is 659 g/mol. The number of hydrazone groups is 1. The number of carbonyl (C=O) groups excluding carboxylic acids is 2. The summed E-state index contributed by atoms with van der Waals surface area (Å²) in [6, 6.07) is 25.7. The molecule has 0 aliphatic rings. The van der Waals surface area contributed by atoms with Crippen molar-refractivity contribution >= 4 is 39.6 Å². The number of benzene rings is 4. The number of halogens is 1. The van der Waals surface area contributed by atoms with Crippen LogP contribution in [0.15, 0.2) is 94.5 Å². The topological polar surface area (TPSA) is 107 Å². The lowest BCUT2D eigenvalue weighted by Crippen LogP contribution is -2.20. The Balaban J connectivity index is 1.39. The molecule has 0 heterocycles. The molecular formula is C34H34BrN3O6. The van der Waals surface area contributed by atoms with Crippen LogP contribution >= 0.6 is 15.9 Å². The number of carbonyl (C=O) groups is 2. The van der Waals surface area contributed by atoms with Crippen LogP contribution in [0.5, 0.6) is 23.0 Å². The summed E-state index contributed by atoms with van der Waals surface area (Å²) in [6.45, 7) is 6.62. The van der Waals surface area contributed by atoms with E-state index in [0.29, 0.717) is 64.1 Å². The van der Waals surface area contributed by atoms with Crippen molar-refractivity contribution in [2.75, 3.05) is 25.1 Å². The third-order valence-corrected chi connectivity index (χ3v) is 6.69. The van der Waals surface area contributed by atoms with E-state index in [4.69, 9.17) is 18.9 Å². The molecule has 0 saturated carbocycles. The summed E-state index contributed by atoms with van der Waals surface area (Å²) < 4.78 is 23.8. The van der Waals surface area contributed by atoms with Crippen LogP contribution in [0.2, 0.25) is 0 Å². The number of rotatable bonds is 14. The van der Waals surface area contributed by atoms with Crippen molar-refractivity contribution in [3.05, 3.63) is 112 Å². The number of ether oxygens (including phenoxy) is 4. The number of hydrogen-bond donors (Lipinski definition) is 2. The van der Waals surface area contributed by atoms with Gasteiger partial charge in [-0.1, -0.05) is 42.5 Å². The van der Waals surface area contributed by atoms with Crippen molar-refractivity contribution in [1.29, 1.82) is 0 Å². The molecule has 10 heteroatoms. The van der Waals surface area contributed by atoms with E-state index in [0.717, 1.165) is 11.1 Å². The van der Waals surface area contributed by atoms with Crippen LogP contribution in [0, 0.1) is 6.92 Å². The number of hydrogen-bond acceptors (Lipinski definition) is 7. The predicted octanol–water partition coefficient (Wildman–Crippen LogP) is 6.92. The second-order valence-electron chi connectivity index (χ2n) is 9.54. The second-order valence-corrected chi connectivity index (χ2v) is 10.4. The minimum atomic E-state index is -0.416. The lowest BCUT2D eigenvalue weighted by Gasteiger charge is -2.15. The van der Waals surface area contributed by atoms with Crippen molar-refractivity contribution in [3.63, 3.8) is 0 Å². The molecule has 0 spiro atoms. The molecule has 4 aromatic carbocycles. The summed E-state index contributed by atoms with van der Waals surface area (Å²) in [4.78, 5) is 25.3. The first kappa shape index (κ1) is 32.1. The van der Waals surface area contributed by atoms with Gasteiger partial charge in [-0.05, 0) is 95.9 Å². The lowest BCUT2D eigenvalue weighted by atomic mass is 10.2. The molecule has 4 rings (SSSR count). The second kappa shape index (κ2) is 16.1. The molecule has 0 bridgehead atoms. The third-order valence-electron chi connectivity index (χ3n) is 6.10. The van der Waals surface area contributed by atoms with Crippen molar-refractivity contribution in [2.24, 2.45) is 5.10 Å². The van der Waals surface area contributed by atoms with Crippen LogP contribution in [-0.4, -0.2) is 37.8 Å². The molecule has 0 radical (unpaired) electrons. The van der Waals surface area contributed by atoms with Gasteiger partial charge in [0.15, 0.2) is 29.6 Å². The molecule has 0 atom stereocenters. The molecule has 2 amide bonds. The molecule has 0 unspecified atom stereocenters. The van der Waals surface area contributed by atoms with Gasteiger partial charge in [-0.15, -0.1) is 0 Å². The van der Waals surface area contributed by atoms with Crippen LogP contribution in [-0.2, 0) is 11.4 Å². The zero-order valence-corrected chi connectivity index (χ0v) is 26.3. The number of anilines is 1. The van der Waals surface area contributed by atoms with Gasteiger partial charge in [0, 0.05) is 11.3 Å². The van der Waals surface area contributed by atoms with Gasteiger partial charge < -0.3 is 24.3 Å². The Hall–Kier alpha value is -4.83. The van der Waals surface area contributed by atoms with Gasteiger partial charge in [0.1, 0.15) is 6.61 Å². The Labute approximate surface area is 265 Å². The quantitative estimate of drug-likeness (QED) is 0.112. The Bertz CT molecular complexity index is 1610. The summed E-state index contributed by atoms with van der Waals surface area (Å²) in [5.41, 5.74) is 6.29. The SMILES string of the molecule is CCOc1cc(C(=O)N/N=C/c2cc(Br)c(OCC(=O)Nc3cccc(C)c3)c(OCC)c2)ccc1OCc1ccccc1. The molecule has 4 aromatic rings. The van der Waals surface area contributed by atoms with Gasteiger partial charge in [0.05, 0.1) is 23.9 Å². The van der Waals surface area contributed by atoms with Crippen LogP contribution in [0.3, 0.4) is 0 Å². The smallest absolute Gasteiger partial charge is 0.271 e. The van der Waals surface area contributed by atoms with Gasteiger partial charge in [0.2, 0.25) is 0 Å². The molecule has 0 aliphatic carbocycles. The number of nitrogens with one attached hydrogen (secondary N) is 2. The van der Waals surface area contributed by atoms with Gasteiger partial charge in [-0.25, -0.2) is 5.43 Å². The highest BCUT2D eigenvalue weighted by Crippen LogP contribution is 2.36. The van der Waals surface area contributed by atoms with Gasteiger partial charge >= 0.3 is 0 Å². The van der Waals surface area contributed by atoms with E-state index in [2.05, 4.69) is 31.8 Å². The van der Waals surface area contributed by atoms with Crippen LogP contribution < -0.4 is 29.7 Å². The minimum absolute atomic E-state index is 0.212. The van der Waals surface area contributed by atoms with Crippen LogP contribution in [0.25, 0.3) is 0 Å². The first-order chi connectivity index (χ1) is 21.4. The molecule has 44 heavy (non-hydrogen) atoms. The van der Waals surface area contributed by atoms with Crippen molar-refractivity contribution in [2.45, 2.75) is 27.4 Å². The third kappa shape index (κ3) is 9.34. The van der Waals surface area contributed by atoms with E-state index in [1.807, 2.05) is 75.4 Å². The molecule has 9 nitrogen and oxygen atoms in total. The van der Waals surface area contributed by atoms with E-state index in [9.17, 15) is 9.59 Å². The van der Waals surface area contributed by atoms with E-state index in [1.54, 1.807) is 30.3 Å². The molecule has 2 N–H and O–H groups in total. The van der Waals surface area contributed by atoms with Crippen LogP contribution in [0.1, 0.15) is 40.9 Å². The highest BCUT2D eigenvalue weighted by Gasteiger charge is 2.15. The first-order valence-electron chi connectivity index (χ1n) is 14.1. The fourth-order valence-electron chi connectivity index (χ4n) is 4.13. The normalized spacial score (nSPS) is 10.7.